The van der Waals surface area contributed by atoms with Crippen molar-refractivity contribution in [2.45, 2.75) is 55.7 Å². The average molecular weight is 478 g/mol. The molecule has 1 saturated heterocycles. The summed E-state index contributed by atoms with van der Waals surface area (Å²) in [5.41, 5.74) is 0.0988. The summed E-state index contributed by atoms with van der Waals surface area (Å²) in [5, 5.41) is 3.67. The SMILES string of the molecule is O=C(Nc1ccccc1Cl)C(OC(=O)C(F)(F)F)C1SC(=NC2CCCCC2)NC1=O. The lowest BCUT2D eigenvalue weighted by Crippen LogP contribution is -2.46. The molecule has 2 N–H and O–H groups in total. The van der Waals surface area contributed by atoms with Crippen molar-refractivity contribution in [2.75, 3.05) is 5.32 Å². The molecule has 1 aromatic carbocycles. The molecule has 1 saturated carbocycles. The van der Waals surface area contributed by atoms with Crippen molar-refractivity contribution in [1.29, 1.82) is 0 Å². The van der Waals surface area contributed by atoms with Gasteiger partial charge >= 0.3 is 12.1 Å². The van der Waals surface area contributed by atoms with Gasteiger partial charge in [0.25, 0.3) is 5.91 Å². The van der Waals surface area contributed by atoms with Gasteiger partial charge in [0.1, 0.15) is 5.25 Å². The van der Waals surface area contributed by atoms with Gasteiger partial charge in [-0.15, -0.1) is 0 Å². The Morgan fingerprint density at radius 3 is 2.55 bits per heavy atom. The number of halogens is 4. The number of thioether (sulfide) groups is 1. The Labute approximate surface area is 185 Å². The molecule has 7 nitrogen and oxygen atoms in total. The molecular weight excluding hydrogens is 459 g/mol. The number of hydrogen-bond acceptors (Lipinski definition) is 6. The van der Waals surface area contributed by atoms with Gasteiger partial charge in [-0.05, 0) is 25.0 Å². The van der Waals surface area contributed by atoms with Crippen molar-refractivity contribution in [1.82, 2.24) is 5.32 Å². The minimum absolute atomic E-state index is 0.0107. The molecule has 0 aromatic heterocycles. The Morgan fingerprint density at radius 1 is 1.23 bits per heavy atom. The van der Waals surface area contributed by atoms with Crippen LogP contribution in [0.3, 0.4) is 0 Å². The summed E-state index contributed by atoms with van der Waals surface area (Å²) in [5.74, 6) is -4.45. The number of benzene rings is 1. The van der Waals surface area contributed by atoms with E-state index >= 15 is 0 Å². The van der Waals surface area contributed by atoms with E-state index in [1.807, 2.05) is 0 Å². The molecule has 0 radical (unpaired) electrons. The van der Waals surface area contributed by atoms with Crippen LogP contribution in [-0.4, -0.2) is 46.5 Å². The zero-order chi connectivity index (χ0) is 22.6. The van der Waals surface area contributed by atoms with Gasteiger partial charge in [0.05, 0.1) is 16.8 Å². The summed E-state index contributed by atoms with van der Waals surface area (Å²) in [6.07, 6.45) is -2.61. The molecule has 2 amide bonds. The van der Waals surface area contributed by atoms with Crippen molar-refractivity contribution in [3.8, 4) is 0 Å². The third-order valence-electron chi connectivity index (χ3n) is 4.73. The maximum absolute atomic E-state index is 12.8. The highest BCUT2D eigenvalue weighted by molar-refractivity contribution is 8.15. The molecular formula is C19H19ClF3N3O4S. The van der Waals surface area contributed by atoms with E-state index in [2.05, 4.69) is 20.4 Å². The lowest BCUT2D eigenvalue weighted by molar-refractivity contribution is -0.204. The lowest BCUT2D eigenvalue weighted by atomic mass is 9.96. The lowest BCUT2D eigenvalue weighted by Gasteiger charge is -2.21. The minimum Gasteiger partial charge on any atom is -0.444 e. The van der Waals surface area contributed by atoms with E-state index < -0.39 is 35.3 Å². The molecule has 2 fully saturated rings. The van der Waals surface area contributed by atoms with Gasteiger partial charge in [0.15, 0.2) is 5.17 Å². The van der Waals surface area contributed by atoms with Crippen LogP contribution < -0.4 is 10.6 Å². The van der Waals surface area contributed by atoms with Gasteiger partial charge in [-0.2, -0.15) is 13.2 Å². The number of hydrogen-bond donors (Lipinski definition) is 2. The minimum atomic E-state index is -5.33. The fourth-order valence-electron chi connectivity index (χ4n) is 3.22. The second kappa shape index (κ2) is 9.90. The molecule has 168 valence electrons. The van der Waals surface area contributed by atoms with Crippen LogP contribution in [-0.2, 0) is 19.1 Å². The van der Waals surface area contributed by atoms with Gasteiger partial charge in [0.2, 0.25) is 12.0 Å². The molecule has 2 aliphatic rings. The normalized spacial score (nSPS) is 22.1. The number of amides is 2. The molecule has 0 spiro atoms. The van der Waals surface area contributed by atoms with Crippen LogP contribution in [0.1, 0.15) is 32.1 Å². The van der Waals surface area contributed by atoms with E-state index in [1.165, 1.54) is 12.1 Å². The van der Waals surface area contributed by atoms with Crippen molar-refractivity contribution in [2.24, 2.45) is 4.99 Å². The molecule has 1 aromatic rings. The highest BCUT2D eigenvalue weighted by atomic mass is 35.5. The number of aliphatic imine (C=N–C) groups is 1. The first-order chi connectivity index (χ1) is 14.6. The zero-order valence-electron chi connectivity index (χ0n) is 16.1. The van der Waals surface area contributed by atoms with E-state index in [4.69, 9.17) is 11.6 Å². The predicted octanol–water partition coefficient (Wildman–Crippen LogP) is 3.67. The van der Waals surface area contributed by atoms with Gasteiger partial charge in [-0.3, -0.25) is 14.6 Å². The average Bonchev–Trinajstić information content (AvgIpc) is 3.07. The number of carbonyl (C=O) groups is 3. The molecule has 3 rings (SSSR count). The molecule has 2 unspecified atom stereocenters. The number of nitrogens with zero attached hydrogens (tertiary/aromatic N) is 1. The quantitative estimate of drug-likeness (QED) is 0.631. The fourth-order valence-corrected chi connectivity index (χ4v) is 4.48. The van der Waals surface area contributed by atoms with E-state index in [1.54, 1.807) is 12.1 Å². The Kier molecular flexibility index (Phi) is 7.47. The second-order valence-electron chi connectivity index (χ2n) is 7.05. The second-order valence-corrected chi connectivity index (χ2v) is 8.58. The summed E-state index contributed by atoms with van der Waals surface area (Å²) in [4.78, 5) is 41.0. The molecule has 1 aliphatic heterocycles. The first-order valence-corrected chi connectivity index (χ1v) is 10.8. The Morgan fingerprint density at radius 2 is 1.90 bits per heavy atom. The van der Waals surface area contributed by atoms with Crippen molar-refractivity contribution < 1.29 is 32.3 Å². The molecule has 2 atom stereocenters. The van der Waals surface area contributed by atoms with Crippen LogP contribution in [0, 0.1) is 0 Å². The van der Waals surface area contributed by atoms with Gasteiger partial charge in [0, 0.05) is 0 Å². The topological polar surface area (TPSA) is 96.9 Å². The molecule has 0 bridgehead atoms. The number of amidine groups is 1. The largest absolute Gasteiger partial charge is 0.490 e. The van der Waals surface area contributed by atoms with Crippen LogP contribution in [0.2, 0.25) is 5.02 Å². The summed E-state index contributed by atoms with van der Waals surface area (Å²) < 4.78 is 42.8. The summed E-state index contributed by atoms with van der Waals surface area (Å²) in [6, 6.07) is 6.00. The number of esters is 1. The number of ether oxygens (including phenoxy) is 1. The predicted molar refractivity (Wildman–Crippen MR) is 110 cm³/mol. The van der Waals surface area contributed by atoms with Gasteiger partial charge < -0.3 is 15.4 Å². The van der Waals surface area contributed by atoms with Crippen LogP contribution in [0.25, 0.3) is 0 Å². The van der Waals surface area contributed by atoms with E-state index in [9.17, 15) is 27.6 Å². The highest BCUT2D eigenvalue weighted by Gasteiger charge is 2.49. The van der Waals surface area contributed by atoms with Gasteiger partial charge in [-0.1, -0.05) is 54.8 Å². The zero-order valence-corrected chi connectivity index (χ0v) is 17.6. The van der Waals surface area contributed by atoms with Crippen molar-refractivity contribution in [3.05, 3.63) is 29.3 Å². The standard InChI is InChI=1S/C19H19ClF3N3O4S/c20-11-8-4-5-9-12(11)25-15(27)13(30-17(29)19(21,22)23)14-16(28)26-18(31-14)24-10-6-2-1-3-7-10/h4-5,8-10,13-14H,1-3,6-7H2,(H,25,27)(H,24,26,28). The van der Waals surface area contributed by atoms with E-state index in [-0.39, 0.29) is 21.9 Å². The van der Waals surface area contributed by atoms with Crippen LogP contribution in [0.5, 0.6) is 0 Å². The Hall–Kier alpha value is -2.27. The number of anilines is 1. The van der Waals surface area contributed by atoms with Crippen LogP contribution in [0.4, 0.5) is 18.9 Å². The molecule has 31 heavy (non-hydrogen) atoms. The maximum atomic E-state index is 12.8. The molecule has 1 aliphatic carbocycles. The van der Waals surface area contributed by atoms with E-state index in [0.29, 0.717) is 0 Å². The van der Waals surface area contributed by atoms with Crippen LogP contribution >= 0.6 is 23.4 Å². The summed E-state index contributed by atoms with van der Waals surface area (Å²) in [6.45, 7) is 0. The first kappa shape index (κ1) is 23.4. The van der Waals surface area contributed by atoms with Crippen LogP contribution in [0.15, 0.2) is 29.3 Å². The third-order valence-corrected chi connectivity index (χ3v) is 6.21. The van der Waals surface area contributed by atoms with E-state index in [0.717, 1.165) is 43.9 Å². The maximum Gasteiger partial charge on any atom is 0.490 e. The highest BCUT2D eigenvalue weighted by Crippen LogP contribution is 2.30. The smallest absolute Gasteiger partial charge is 0.444 e. The summed E-state index contributed by atoms with van der Waals surface area (Å²) in [7, 11) is 0. The Balaban J connectivity index is 1.80. The van der Waals surface area contributed by atoms with Crippen molar-refractivity contribution in [3.63, 3.8) is 0 Å². The number of para-hydroxylation sites is 1. The molecule has 12 heteroatoms. The number of rotatable bonds is 5. The number of nitrogens with one attached hydrogen (secondary N) is 2. The number of alkyl halides is 3. The van der Waals surface area contributed by atoms with Crippen molar-refractivity contribution >= 4 is 52.0 Å². The monoisotopic (exact) mass is 477 g/mol. The third kappa shape index (κ3) is 6.13. The van der Waals surface area contributed by atoms with Gasteiger partial charge in [-0.25, -0.2) is 4.79 Å². The fraction of sp³-hybridized carbons (Fsp3) is 0.474. The number of carbonyl (C=O) groups excluding carboxylic acids is 3. The Bertz CT molecular complexity index is 890. The molecule has 1 heterocycles. The first-order valence-electron chi connectivity index (χ1n) is 9.53. The summed E-state index contributed by atoms with van der Waals surface area (Å²) >= 11 is 6.73.